The molecular weight excluding hydrogens is 290 g/mol. The zero-order valence-corrected chi connectivity index (χ0v) is 12.7. The van der Waals surface area contributed by atoms with Crippen molar-refractivity contribution in [2.45, 2.75) is 25.7 Å². The topological polar surface area (TPSA) is 84.2 Å². The van der Waals surface area contributed by atoms with Crippen molar-refractivity contribution in [1.29, 1.82) is 0 Å². The van der Waals surface area contributed by atoms with Gasteiger partial charge in [0.25, 0.3) is 5.91 Å². The van der Waals surface area contributed by atoms with E-state index in [-0.39, 0.29) is 30.1 Å². The predicted molar refractivity (Wildman–Crippen MR) is 85.4 cm³/mol. The molecule has 2 amide bonds. The molecule has 4 N–H and O–H groups in total. The lowest BCUT2D eigenvalue weighted by atomic mass is 9.85. The number of benzene rings is 1. The molecule has 1 aromatic carbocycles. The lowest BCUT2D eigenvalue weighted by Gasteiger charge is -2.24. The Morgan fingerprint density at radius 1 is 1.14 bits per heavy atom. The van der Waals surface area contributed by atoms with E-state index in [0.29, 0.717) is 24.3 Å². The molecule has 0 spiro atoms. The second-order valence-electron chi connectivity index (χ2n) is 5.12. The summed E-state index contributed by atoms with van der Waals surface area (Å²) in [5.74, 6) is 0.192. The standard InChI is InChI=1S/C15H21N3O2.ClH/c16-13-8-2-1-7-12(13)15(20)18-10-4-9-17-14(19)11-5-3-6-11;/h1-2,7-8,11H,3-6,9-10,16H2,(H,17,19)(H,18,20);1H. The number of nitrogen functional groups attached to an aromatic ring is 1. The van der Waals surface area contributed by atoms with Gasteiger partial charge in [0.15, 0.2) is 0 Å². The minimum atomic E-state index is -0.173. The lowest BCUT2D eigenvalue weighted by molar-refractivity contribution is -0.127. The summed E-state index contributed by atoms with van der Waals surface area (Å²) in [6, 6.07) is 6.98. The summed E-state index contributed by atoms with van der Waals surface area (Å²) in [6.45, 7) is 1.12. The van der Waals surface area contributed by atoms with Gasteiger partial charge in [-0.3, -0.25) is 9.59 Å². The summed E-state index contributed by atoms with van der Waals surface area (Å²) >= 11 is 0. The summed E-state index contributed by atoms with van der Waals surface area (Å²) in [4.78, 5) is 23.4. The van der Waals surface area contributed by atoms with Crippen LogP contribution in [-0.4, -0.2) is 24.9 Å². The zero-order valence-electron chi connectivity index (χ0n) is 11.9. The van der Waals surface area contributed by atoms with Gasteiger partial charge in [-0.05, 0) is 31.4 Å². The number of anilines is 1. The fraction of sp³-hybridized carbons (Fsp3) is 0.467. The Bertz CT molecular complexity index is 490. The van der Waals surface area contributed by atoms with Crippen LogP contribution in [0.5, 0.6) is 0 Å². The molecule has 0 atom stereocenters. The number of hydrogen-bond donors (Lipinski definition) is 3. The first-order valence-electron chi connectivity index (χ1n) is 7.09. The normalized spacial score (nSPS) is 13.7. The van der Waals surface area contributed by atoms with Gasteiger partial charge in [0.05, 0.1) is 5.56 Å². The van der Waals surface area contributed by atoms with Gasteiger partial charge in [-0.2, -0.15) is 0 Å². The van der Waals surface area contributed by atoms with E-state index < -0.39 is 0 Å². The molecule has 1 aliphatic rings. The fourth-order valence-electron chi connectivity index (χ4n) is 2.12. The molecule has 0 saturated heterocycles. The van der Waals surface area contributed by atoms with Gasteiger partial charge < -0.3 is 16.4 Å². The number of carbonyl (C=O) groups excluding carboxylic acids is 2. The van der Waals surface area contributed by atoms with Gasteiger partial charge in [0.1, 0.15) is 0 Å². The molecule has 0 heterocycles. The van der Waals surface area contributed by atoms with Gasteiger partial charge in [0, 0.05) is 24.7 Å². The molecule has 5 nitrogen and oxygen atoms in total. The Morgan fingerprint density at radius 2 is 1.81 bits per heavy atom. The smallest absolute Gasteiger partial charge is 0.253 e. The van der Waals surface area contributed by atoms with Crippen molar-refractivity contribution in [3.05, 3.63) is 29.8 Å². The summed E-state index contributed by atoms with van der Waals surface area (Å²) in [7, 11) is 0. The highest BCUT2D eigenvalue weighted by atomic mass is 35.5. The van der Waals surface area contributed by atoms with Crippen molar-refractivity contribution in [3.63, 3.8) is 0 Å². The number of halogens is 1. The van der Waals surface area contributed by atoms with Crippen LogP contribution in [0.4, 0.5) is 5.69 Å². The quantitative estimate of drug-likeness (QED) is 0.552. The van der Waals surface area contributed by atoms with Crippen LogP contribution in [0.3, 0.4) is 0 Å². The molecule has 0 radical (unpaired) electrons. The van der Waals surface area contributed by atoms with Gasteiger partial charge in [0.2, 0.25) is 5.91 Å². The van der Waals surface area contributed by atoms with E-state index in [2.05, 4.69) is 10.6 Å². The highest BCUT2D eigenvalue weighted by Crippen LogP contribution is 2.25. The maximum atomic E-state index is 11.8. The molecule has 6 heteroatoms. The molecule has 1 fully saturated rings. The first-order valence-corrected chi connectivity index (χ1v) is 7.09. The van der Waals surface area contributed by atoms with Crippen LogP contribution >= 0.6 is 12.4 Å². The Balaban J connectivity index is 0.00000220. The highest BCUT2D eigenvalue weighted by molar-refractivity contribution is 5.99. The minimum Gasteiger partial charge on any atom is -0.398 e. The van der Waals surface area contributed by atoms with E-state index in [9.17, 15) is 9.59 Å². The first kappa shape index (κ1) is 17.3. The summed E-state index contributed by atoms with van der Waals surface area (Å²) < 4.78 is 0. The van der Waals surface area contributed by atoms with Gasteiger partial charge in [-0.1, -0.05) is 18.6 Å². The third kappa shape index (κ3) is 4.93. The number of nitrogens with two attached hydrogens (primary N) is 1. The van der Waals surface area contributed by atoms with Crippen LogP contribution in [-0.2, 0) is 4.79 Å². The molecule has 0 aliphatic heterocycles. The van der Waals surface area contributed by atoms with E-state index >= 15 is 0 Å². The average Bonchev–Trinajstić information content (AvgIpc) is 2.36. The molecule has 1 aromatic rings. The van der Waals surface area contributed by atoms with Crippen molar-refractivity contribution < 1.29 is 9.59 Å². The van der Waals surface area contributed by atoms with Crippen LogP contribution in [0.15, 0.2) is 24.3 Å². The van der Waals surface area contributed by atoms with E-state index in [1.165, 1.54) is 0 Å². The Hall–Kier alpha value is -1.75. The molecule has 1 saturated carbocycles. The molecule has 1 aliphatic carbocycles. The van der Waals surface area contributed by atoms with Crippen LogP contribution in [0, 0.1) is 5.92 Å². The molecule has 116 valence electrons. The van der Waals surface area contributed by atoms with E-state index in [1.807, 2.05) is 0 Å². The lowest BCUT2D eigenvalue weighted by Crippen LogP contribution is -2.36. The molecular formula is C15H22ClN3O2. The molecule has 0 bridgehead atoms. The summed E-state index contributed by atoms with van der Waals surface area (Å²) in [6.07, 6.45) is 3.90. The maximum absolute atomic E-state index is 11.8. The number of hydrogen-bond acceptors (Lipinski definition) is 3. The Morgan fingerprint density at radius 3 is 2.43 bits per heavy atom. The Labute approximate surface area is 131 Å². The van der Waals surface area contributed by atoms with E-state index in [1.54, 1.807) is 24.3 Å². The van der Waals surface area contributed by atoms with Gasteiger partial charge in [-0.25, -0.2) is 0 Å². The minimum absolute atomic E-state index is 0. The number of carbonyl (C=O) groups is 2. The van der Waals surface area contributed by atoms with Crippen molar-refractivity contribution >= 4 is 29.9 Å². The molecule has 0 aromatic heterocycles. The molecule has 0 unspecified atom stereocenters. The number of nitrogens with one attached hydrogen (secondary N) is 2. The maximum Gasteiger partial charge on any atom is 0.253 e. The van der Waals surface area contributed by atoms with Gasteiger partial charge >= 0.3 is 0 Å². The monoisotopic (exact) mass is 311 g/mol. The van der Waals surface area contributed by atoms with Crippen LogP contribution in [0.1, 0.15) is 36.0 Å². The fourth-order valence-corrected chi connectivity index (χ4v) is 2.12. The largest absolute Gasteiger partial charge is 0.398 e. The Kier molecular flexibility index (Phi) is 7.02. The van der Waals surface area contributed by atoms with Crippen molar-refractivity contribution in [2.75, 3.05) is 18.8 Å². The third-order valence-electron chi connectivity index (χ3n) is 3.62. The van der Waals surface area contributed by atoms with E-state index in [4.69, 9.17) is 5.73 Å². The van der Waals surface area contributed by atoms with Crippen molar-refractivity contribution in [2.24, 2.45) is 5.92 Å². The van der Waals surface area contributed by atoms with Crippen LogP contribution in [0.2, 0.25) is 0 Å². The third-order valence-corrected chi connectivity index (χ3v) is 3.62. The number of para-hydroxylation sites is 1. The number of rotatable bonds is 6. The molecule has 21 heavy (non-hydrogen) atoms. The second kappa shape index (κ2) is 8.52. The van der Waals surface area contributed by atoms with E-state index in [0.717, 1.165) is 25.7 Å². The SMILES string of the molecule is Cl.Nc1ccccc1C(=O)NCCCNC(=O)C1CCC1. The number of amides is 2. The van der Waals surface area contributed by atoms with Crippen molar-refractivity contribution in [3.8, 4) is 0 Å². The second-order valence-corrected chi connectivity index (χ2v) is 5.12. The zero-order chi connectivity index (χ0) is 14.4. The van der Waals surface area contributed by atoms with Crippen LogP contribution in [0.25, 0.3) is 0 Å². The van der Waals surface area contributed by atoms with Gasteiger partial charge in [-0.15, -0.1) is 12.4 Å². The summed E-state index contributed by atoms with van der Waals surface area (Å²) in [5.41, 5.74) is 6.70. The molecule has 2 rings (SSSR count). The predicted octanol–water partition coefficient (Wildman–Crippen LogP) is 1.73. The van der Waals surface area contributed by atoms with Crippen molar-refractivity contribution in [1.82, 2.24) is 10.6 Å². The van der Waals surface area contributed by atoms with Crippen LogP contribution < -0.4 is 16.4 Å². The first-order chi connectivity index (χ1) is 9.68. The summed E-state index contributed by atoms with van der Waals surface area (Å²) in [5, 5.41) is 5.70. The highest BCUT2D eigenvalue weighted by Gasteiger charge is 2.24. The average molecular weight is 312 g/mol.